The summed E-state index contributed by atoms with van der Waals surface area (Å²) in [5, 5.41) is 19.2. The third-order valence-corrected chi connectivity index (χ3v) is 2.68. The molecule has 0 aromatic heterocycles. The van der Waals surface area contributed by atoms with Crippen molar-refractivity contribution in [3.8, 4) is 6.07 Å². The van der Waals surface area contributed by atoms with Crippen molar-refractivity contribution in [3.05, 3.63) is 0 Å². The van der Waals surface area contributed by atoms with Gasteiger partial charge in [-0.15, -0.1) is 0 Å². The van der Waals surface area contributed by atoms with Gasteiger partial charge in [-0.2, -0.15) is 5.26 Å². The van der Waals surface area contributed by atoms with Crippen molar-refractivity contribution in [2.75, 3.05) is 13.7 Å². The molecule has 1 unspecified atom stereocenters. The highest BCUT2D eigenvalue weighted by atomic mass is 16.5. The summed E-state index contributed by atoms with van der Waals surface area (Å²) >= 11 is 0. The average molecular weight is 185 g/mol. The van der Waals surface area contributed by atoms with Crippen LogP contribution in [0.2, 0.25) is 0 Å². The largest absolute Gasteiger partial charge is 0.386 e. The van der Waals surface area contributed by atoms with Gasteiger partial charge in [-0.05, 0) is 19.8 Å². The zero-order valence-corrected chi connectivity index (χ0v) is 9.09. The second-order valence-corrected chi connectivity index (χ2v) is 4.25. The lowest BCUT2D eigenvalue weighted by Crippen LogP contribution is -2.51. The Kier molecular flexibility index (Phi) is 3.89. The molecule has 0 saturated carbocycles. The zero-order chi connectivity index (χ0) is 10.7. The second kappa shape index (κ2) is 4.08. The van der Waals surface area contributed by atoms with Crippen molar-refractivity contribution in [1.29, 1.82) is 5.26 Å². The van der Waals surface area contributed by atoms with Crippen LogP contribution in [0.15, 0.2) is 0 Å². The first kappa shape index (κ1) is 12.4. The highest BCUT2D eigenvalue weighted by Gasteiger charge is 2.46. The van der Waals surface area contributed by atoms with Gasteiger partial charge in [0.25, 0.3) is 0 Å². The molecule has 0 spiro atoms. The number of hydrogen-bond acceptors (Lipinski definition) is 3. The second-order valence-electron chi connectivity index (χ2n) is 4.25. The molecule has 0 bridgehead atoms. The topological polar surface area (TPSA) is 53.2 Å². The van der Waals surface area contributed by atoms with E-state index in [-0.39, 0.29) is 12.5 Å². The SMILES string of the molecule is COCC(O)(C(C)C)C(C)(C)C#N. The fourth-order valence-corrected chi connectivity index (χ4v) is 1.39. The zero-order valence-electron chi connectivity index (χ0n) is 9.09. The molecule has 76 valence electrons. The molecule has 0 saturated heterocycles. The fourth-order valence-electron chi connectivity index (χ4n) is 1.39. The van der Waals surface area contributed by atoms with Crippen LogP contribution in [0.1, 0.15) is 27.7 Å². The van der Waals surface area contributed by atoms with Gasteiger partial charge in [0.15, 0.2) is 0 Å². The molecule has 0 amide bonds. The van der Waals surface area contributed by atoms with E-state index in [0.29, 0.717) is 0 Å². The number of nitrogens with zero attached hydrogens (tertiary/aromatic N) is 1. The van der Waals surface area contributed by atoms with Gasteiger partial charge >= 0.3 is 0 Å². The Hall–Kier alpha value is -0.590. The summed E-state index contributed by atoms with van der Waals surface area (Å²) in [5.41, 5.74) is -1.88. The number of ether oxygens (including phenoxy) is 1. The standard InChI is InChI=1S/C10H19NO2/c1-8(2)10(12,7-13-5)9(3,4)6-11/h8,12H,7H2,1-5H3. The molecule has 0 aliphatic carbocycles. The van der Waals surface area contributed by atoms with Crippen LogP contribution in [-0.2, 0) is 4.74 Å². The molecule has 0 heterocycles. The van der Waals surface area contributed by atoms with Crippen LogP contribution < -0.4 is 0 Å². The Labute approximate surface area is 80.3 Å². The van der Waals surface area contributed by atoms with Crippen molar-refractivity contribution >= 4 is 0 Å². The number of nitriles is 1. The maximum absolute atomic E-state index is 10.3. The Morgan fingerprint density at radius 2 is 1.92 bits per heavy atom. The number of rotatable bonds is 4. The maximum Gasteiger partial charge on any atom is 0.108 e. The van der Waals surface area contributed by atoms with E-state index in [1.807, 2.05) is 13.8 Å². The Balaban J connectivity index is 4.91. The minimum atomic E-state index is -1.09. The molecule has 0 radical (unpaired) electrons. The molecule has 0 fully saturated rings. The first-order valence-electron chi connectivity index (χ1n) is 4.44. The Bertz CT molecular complexity index is 205. The molecule has 0 rings (SSSR count). The van der Waals surface area contributed by atoms with Crippen molar-refractivity contribution in [2.45, 2.75) is 33.3 Å². The van der Waals surface area contributed by atoms with Crippen LogP contribution in [0.4, 0.5) is 0 Å². The Morgan fingerprint density at radius 1 is 1.46 bits per heavy atom. The van der Waals surface area contributed by atoms with E-state index in [2.05, 4.69) is 6.07 Å². The van der Waals surface area contributed by atoms with Gasteiger partial charge in [-0.3, -0.25) is 0 Å². The van der Waals surface area contributed by atoms with E-state index in [1.165, 1.54) is 7.11 Å². The molecule has 0 aliphatic rings. The third-order valence-electron chi connectivity index (χ3n) is 2.68. The molecule has 1 N–H and O–H groups in total. The molecule has 0 aliphatic heterocycles. The normalized spacial score (nSPS) is 16.8. The summed E-state index contributed by atoms with van der Waals surface area (Å²) in [7, 11) is 1.53. The minimum absolute atomic E-state index is 0.0119. The van der Waals surface area contributed by atoms with Crippen molar-refractivity contribution in [2.24, 2.45) is 11.3 Å². The van der Waals surface area contributed by atoms with E-state index >= 15 is 0 Å². The van der Waals surface area contributed by atoms with Gasteiger partial charge in [-0.25, -0.2) is 0 Å². The maximum atomic E-state index is 10.3. The van der Waals surface area contributed by atoms with Crippen LogP contribution in [0.25, 0.3) is 0 Å². The summed E-state index contributed by atoms with van der Waals surface area (Å²) in [4.78, 5) is 0. The predicted octanol–water partition coefficient (Wildman–Crippen LogP) is 1.57. The van der Waals surface area contributed by atoms with E-state index in [0.717, 1.165) is 0 Å². The number of aliphatic hydroxyl groups is 1. The Morgan fingerprint density at radius 3 is 2.15 bits per heavy atom. The third kappa shape index (κ3) is 2.20. The van der Waals surface area contributed by atoms with E-state index < -0.39 is 11.0 Å². The summed E-state index contributed by atoms with van der Waals surface area (Å²) in [6.45, 7) is 7.42. The van der Waals surface area contributed by atoms with Crippen molar-refractivity contribution in [1.82, 2.24) is 0 Å². The smallest absolute Gasteiger partial charge is 0.108 e. The van der Waals surface area contributed by atoms with Crippen molar-refractivity contribution in [3.63, 3.8) is 0 Å². The summed E-state index contributed by atoms with van der Waals surface area (Å²) in [6.07, 6.45) is 0. The molecule has 0 aromatic rings. The fraction of sp³-hybridized carbons (Fsp3) is 0.900. The first-order chi connectivity index (χ1) is 5.81. The highest BCUT2D eigenvalue weighted by molar-refractivity contribution is 5.07. The van der Waals surface area contributed by atoms with E-state index in [9.17, 15) is 5.11 Å². The number of methoxy groups -OCH3 is 1. The number of hydrogen-bond donors (Lipinski definition) is 1. The summed E-state index contributed by atoms with van der Waals surface area (Å²) in [5.74, 6) is -0.0119. The summed E-state index contributed by atoms with van der Waals surface area (Å²) < 4.78 is 4.96. The predicted molar refractivity (Wildman–Crippen MR) is 51.1 cm³/mol. The van der Waals surface area contributed by atoms with Crippen LogP contribution in [0.3, 0.4) is 0 Å². The molecule has 0 aromatic carbocycles. The molecule has 13 heavy (non-hydrogen) atoms. The molecule has 3 nitrogen and oxygen atoms in total. The molecular weight excluding hydrogens is 166 g/mol. The van der Waals surface area contributed by atoms with Crippen molar-refractivity contribution < 1.29 is 9.84 Å². The minimum Gasteiger partial charge on any atom is -0.386 e. The summed E-state index contributed by atoms with van der Waals surface area (Å²) in [6, 6.07) is 2.12. The lowest BCUT2D eigenvalue weighted by Gasteiger charge is -2.40. The molecule has 3 heteroatoms. The van der Waals surface area contributed by atoms with Gasteiger partial charge < -0.3 is 9.84 Å². The first-order valence-corrected chi connectivity index (χ1v) is 4.44. The van der Waals surface area contributed by atoms with Gasteiger partial charge in [0.2, 0.25) is 0 Å². The lowest BCUT2D eigenvalue weighted by molar-refractivity contribution is -0.121. The van der Waals surface area contributed by atoms with Gasteiger partial charge in [0.1, 0.15) is 5.60 Å². The van der Waals surface area contributed by atoms with Crippen LogP contribution in [0, 0.1) is 22.7 Å². The molecule has 1 atom stereocenters. The average Bonchev–Trinajstić information content (AvgIpc) is 2.04. The van der Waals surface area contributed by atoms with Gasteiger partial charge in [-0.1, -0.05) is 13.8 Å². The lowest BCUT2D eigenvalue weighted by atomic mass is 9.70. The highest BCUT2D eigenvalue weighted by Crippen LogP contribution is 2.36. The van der Waals surface area contributed by atoms with E-state index in [1.54, 1.807) is 13.8 Å². The molecular formula is C10H19NO2. The van der Waals surface area contributed by atoms with Gasteiger partial charge in [0, 0.05) is 7.11 Å². The van der Waals surface area contributed by atoms with Crippen LogP contribution >= 0.6 is 0 Å². The van der Waals surface area contributed by atoms with Gasteiger partial charge in [0.05, 0.1) is 18.1 Å². The van der Waals surface area contributed by atoms with E-state index in [4.69, 9.17) is 10.00 Å². The monoisotopic (exact) mass is 185 g/mol. The van der Waals surface area contributed by atoms with Crippen LogP contribution in [-0.4, -0.2) is 24.4 Å². The quantitative estimate of drug-likeness (QED) is 0.723. The van der Waals surface area contributed by atoms with Crippen LogP contribution in [0.5, 0.6) is 0 Å².